The van der Waals surface area contributed by atoms with Crippen LogP contribution in [-0.2, 0) is 4.89 Å². The Labute approximate surface area is 110 Å². The maximum atomic E-state index is 8.57. The average Bonchev–Trinajstić information content (AvgIpc) is 2.43. The average molecular weight is 264 g/mol. The molecule has 2 heterocycles. The first-order valence-electron chi connectivity index (χ1n) is 7.12. The normalized spacial score (nSPS) is 22.8. The zero-order chi connectivity index (χ0) is 12.5. The molecule has 4 nitrogen and oxygen atoms in total. The van der Waals surface area contributed by atoms with Crippen molar-refractivity contribution >= 4 is 0 Å². The van der Waals surface area contributed by atoms with Crippen LogP contribution in [0.5, 0.6) is 0 Å². The Morgan fingerprint density at radius 1 is 1.11 bits per heavy atom. The van der Waals surface area contributed by atoms with E-state index in [0.29, 0.717) is 0 Å². The third-order valence-corrected chi connectivity index (χ3v) is 3.66. The fourth-order valence-corrected chi connectivity index (χ4v) is 2.63. The number of nitrogens with zero attached hydrogens (tertiary/aromatic N) is 1. The molecule has 0 aliphatic carbocycles. The molecule has 2 fully saturated rings. The number of piperidine rings is 2. The standard InChI is InChI=1S/C11H22N2O2.C2H6.FH/c14-15-11-3-7-13(8-4-11)9-10-1-5-12-6-2-10;1-2;/h10-12,14H,1-9H2;1-2H3;1H. The van der Waals surface area contributed by atoms with E-state index in [1.165, 1.54) is 32.5 Å². The van der Waals surface area contributed by atoms with E-state index in [4.69, 9.17) is 5.26 Å². The summed E-state index contributed by atoms with van der Waals surface area (Å²) < 4.78 is 0. The van der Waals surface area contributed by atoms with Gasteiger partial charge in [0.1, 0.15) is 0 Å². The van der Waals surface area contributed by atoms with Crippen molar-refractivity contribution in [1.29, 1.82) is 0 Å². The number of rotatable bonds is 3. The minimum atomic E-state index is 0. The summed E-state index contributed by atoms with van der Waals surface area (Å²) in [4.78, 5) is 6.91. The molecule has 110 valence electrons. The first-order chi connectivity index (χ1) is 8.38. The molecule has 0 unspecified atom stereocenters. The summed E-state index contributed by atoms with van der Waals surface area (Å²) in [5, 5.41) is 12.0. The van der Waals surface area contributed by atoms with Crippen molar-refractivity contribution in [3.05, 3.63) is 0 Å². The van der Waals surface area contributed by atoms with Gasteiger partial charge in [0, 0.05) is 19.6 Å². The van der Waals surface area contributed by atoms with Gasteiger partial charge in [-0.05, 0) is 44.7 Å². The lowest BCUT2D eigenvalue weighted by atomic mass is 9.96. The number of nitrogens with one attached hydrogen (secondary N) is 1. The molecule has 2 N–H and O–H groups in total. The minimum Gasteiger partial charge on any atom is -0.317 e. The van der Waals surface area contributed by atoms with Crippen molar-refractivity contribution in [3.8, 4) is 0 Å². The fraction of sp³-hybridized carbons (Fsp3) is 1.00. The van der Waals surface area contributed by atoms with Crippen LogP contribution >= 0.6 is 0 Å². The highest BCUT2D eigenvalue weighted by Crippen LogP contribution is 2.18. The molecule has 5 heteroatoms. The quantitative estimate of drug-likeness (QED) is 0.605. The maximum Gasteiger partial charge on any atom is 0.0951 e. The van der Waals surface area contributed by atoms with E-state index in [9.17, 15) is 0 Å². The molecular formula is C13H29FN2O2. The topological polar surface area (TPSA) is 44.7 Å². The summed E-state index contributed by atoms with van der Waals surface area (Å²) in [6, 6.07) is 0. The first kappa shape index (κ1) is 17.8. The predicted molar refractivity (Wildman–Crippen MR) is 72.6 cm³/mol. The molecule has 0 amide bonds. The van der Waals surface area contributed by atoms with Crippen LogP contribution in [-0.4, -0.2) is 49.0 Å². The van der Waals surface area contributed by atoms with Crippen LogP contribution in [0.3, 0.4) is 0 Å². The van der Waals surface area contributed by atoms with Gasteiger partial charge in [0.15, 0.2) is 0 Å². The molecule has 18 heavy (non-hydrogen) atoms. The maximum absolute atomic E-state index is 8.57. The predicted octanol–water partition coefficient (Wildman–Crippen LogP) is 2.12. The van der Waals surface area contributed by atoms with Gasteiger partial charge in [0.25, 0.3) is 0 Å². The van der Waals surface area contributed by atoms with Gasteiger partial charge < -0.3 is 10.2 Å². The molecule has 0 spiro atoms. The van der Waals surface area contributed by atoms with Crippen molar-refractivity contribution in [3.63, 3.8) is 0 Å². The summed E-state index contributed by atoms with van der Waals surface area (Å²) >= 11 is 0. The molecule has 0 aromatic rings. The molecule has 0 radical (unpaired) electrons. The highest BCUT2D eigenvalue weighted by molar-refractivity contribution is 4.76. The Hall–Kier alpha value is -0.230. The van der Waals surface area contributed by atoms with Crippen LogP contribution < -0.4 is 5.32 Å². The fourth-order valence-electron chi connectivity index (χ4n) is 2.63. The molecule has 2 rings (SSSR count). The summed E-state index contributed by atoms with van der Waals surface area (Å²) in [5.74, 6) is 0.873. The van der Waals surface area contributed by atoms with Crippen LogP contribution in [0.15, 0.2) is 0 Å². The molecule has 0 aromatic heterocycles. The van der Waals surface area contributed by atoms with E-state index in [-0.39, 0.29) is 10.8 Å². The lowest BCUT2D eigenvalue weighted by Crippen LogP contribution is -2.41. The third-order valence-electron chi connectivity index (χ3n) is 3.66. The first-order valence-corrected chi connectivity index (χ1v) is 7.12. The lowest BCUT2D eigenvalue weighted by Gasteiger charge is -2.34. The smallest absolute Gasteiger partial charge is 0.0951 e. The van der Waals surface area contributed by atoms with Crippen molar-refractivity contribution < 1.29 is 14.8 Å². The zero-order valence-corrected chi connectivity index (χ0v) is 11.7. The van der Waals surface area contributed by atoms with Gasteiger partial charge in [-0.1, -0.05) is 13.8 Å². The van der Waals surface area contributed by atoms with Gasteiger partial charge in [0.2, 0.25) is 0 Å². The Morgan fingerprint density at radius 3 is 2.17 bits per heavy atom. The van der Waals surface area contributed by atoms with E-state index < -0.39 is 0 Å². The van der Waals surface area contributed by atoms with Gasteiger partial charge in [0.05, 0.1) is 6.10 Å². The van der Waals surface area contributed by atoms with Crippen molar-refractivity contribution in [2.75, 3.05) is 32.7 Å². The van der Waals surface area contributed by atoms with Gasteiger partial charge in [-0.25, -0.2) is 4.89 Å². The Bertz CT molecular complexity index is 182. The van der Waals surface area contributed by atoms with Crippen LogP contribution in [0.25, 0.3) is 0 Å². The van der Waals surface area contributed by atoms with Gasteiger partial charge in [-0.15, -0.1) is 0 Å². The largest absolute Gasteiger partial charge is 0.317 e. The number of halogens is 1. The van der Waals surface area contributed by atoms with E-state index >= 15 is 0 Å². The van der Waals surface area contributed by atoms with Crippen molar-refractivity contribution in [2.24, 2.45) is 5.92 Å². The SMILES string of the molecule is CC.F.OOC1CCN(CC2CCNCC2)CC1. The van der Waals surface area contributed by atoms with Crippen molar-refractivity contribution in [1.82, 2.24) is 10.2 Å². The van der Waals surface area contributed by atoms with Gasteiger partial charge in [-0.2, -0.15) is 0 Å². The van der Waals surface area contributed by atoms with Crippen LogP contribution in [0, 0.1) is 5.92 Å². The molecule has 0 saturated carbocycles. The number of hydrogen-bond acceptors (Lipinski definition) is 4. The molecular weight excluding hydrogens is 235 g/mol. The highest BCUT2D eigenvalue weighted by Gasteiger charge is 2.22. The molecule has 0 bridgehead atoms. The van der Waals surface area contributed by atoms with E-state index in [2.05, 4.69) is 15.1 Å². The molecule has 2 saturated heterocycles. The molecule has 0 atom stereocenters. The Balaban J connectivity index is 0.000000917. The van der Waals surface area contributed by atoms with Gasteiger partial charge >= 0.3 is 0 Å². The second kappa shape index (κ2) is 10.7. The summed E-state index contributed by atoms with van der Waals surface area (Å²) in [5.41, 5.74) is 0. The third kappa shape index (κ3) is 6.09. The summed E-state index contributed by atoms with van der Waals surface area (Å²) in [6.45, 7) is 9.76. The van der Waals surface area contributed by atoms with E-state index in [1.807, 2.05) is 13.8 Å². The van der Waals surface area contributed by atoms with E-state index in [1.54, 1.807) is 0 Å². The zero-order valence-electron chi connectivity index (χ0n) is 11.7. The second-order valence-electron chi connectivity index (χ2n) is 4.80. The minimum absolute atomic E-state index is 0. The van der Waals surface area contributed by atoms with E-state index in [0.717, 1.165) is 31.8 Å². The van der Waals surface area contributed by atoms with Crippen molar-refractivity contribution in [2.45, 2.75) is 45.6 Å². The monoisotopic (exact) mass is 264 g/mol. The van der Waals surface area contributed by atoms with Gasteiger partial charge in [-0.3, -0.25) is 9.96 Å². The highest BCUT2D eigenvalue weighted by atomic mass is 19.0. The second-order valence-corrected chi connectivity index (χ2v) is 4.80. The van der Waals surface area contributed by atoms with Crippen LogP contribution in [0.1, 0.15) is 39.5 Å². The number of likely N-dealkylation sites (tertiary alicyclic amines) is 1. The number of hydrogen-bond donors (Lipinski definition) is 2. The lowest BCUT2D eigenvalue weighted by molar-refractivity contribution is -0.285. The Kier molecular flexibility index (Phi) is 10.5. The van der Waals surface area contributed by atoms with Crippen LogP contribution in [0.2, 0.25) is 0 Å². The summed E-state index contributed by atoms with van der Waals surface area (Å²) in [7, 11) is 0. The Morgan fingerprint density at radius 2 is 1.67 bits per heavy atom. The molecule has 2 aliphatic rings. The molecule has 2 aliphatic heterocycles. The molecule has 0 aromatic carbocycles. The summed E-state index contributed by atoms with van der Waals surface area (Å²) in [6.07, 6.45) is 4.66. The van der Waals surface area contributed by atoms with Crippen LogP contribution in [0.4, 0.5) is 4.70 Å².